The predicted octanol–water partition coefficient (Wildman–Crippen LogP) is 4.60. The lowest BCUT2D eigenvalue weighted by Gasteiger charge is -2.15. The minimum Gasteiger partial charge on any atom is -0.497 e. The van der Waals surface area contributed by atoms with Gasteiger partial charge in [0.1, 0.15) is 5.75 Å². The van der Waals surface area contributed by atoms with Crippen molar-refractivity contribution in [2.24, 2.45) is 0 Å². The number of thioether (sulfide) groups is 1. The zero-order valence-electron chi connectivity index (χ0n) is 18.1. The smallest absolute Gasteiger partial charge is 0.262 e. The van der Waals surface area contributed by atoms with E-state index in [2.05, 4.69) is 10.2 Å². The Kier molecular flexibility index (Phi) is 5.43. The van der Waals surface area contributed by atoms with Gasteiger partial charge in [-0.25, -0.2) is 0 Å². The molecule has 0 radical (unpaired) electrons. The van der Waals surface area contributed by atoms with Crippen LogP contribution in [-0.2, 0) is 0 Å². The van der Waals surface area contributed by atoms with Crippen LogP contribution < -0.4 is 4.74 Å². The van der Waals surface area contributed by atoms with E-state index >= 15 is 0 Å². The molecule has 4 aromatic rings. The molecule has 164 valence electrons. The van der Waals surface area contributed by atoms with Crippen molar-refractivity contribution in [1.29, 1.82) is 0 Å². The van der Waals surface area contributed by atoms with Crippen LogP contribution in [-0.4, -0.2) is 44.5 Å². The first-order chi connectivity index (χ1) is 16.1. The first-order valence-corrected chi connectivity index (χ1v) is 11.3. The fourth-order valence-electron chi connectivity index (χ4n) is 3.72. The third-order valence-corrected chi connectivity index (χ3v) is 6.36. The van der Waals surface area contributed by atoms with E-state index in [-0.39, 0.29) is 17.7 Å². The Morgan fingerprint density at radius 3 is 2.24 bits per heavy atom. The van der Waals surface area contributed by atoms with Gasteiger partial charge < -0.3 is 4.74 Å². The Labute approximate surface area is 195 Å². The van der Waals surface area contributed by atoms with Crippen molar-refractivity contribution < 1.29 is 14.3 Å². The molecule has 2 heterocycles. The molecule has 2 amide bonds. The molecular weight excluding hydrogens is 436 g/mol. The van der Waals surface area contributed by atoms with Crippen molar-refractivity contribution in [2.45, 2.75) is 12.1 Å². The lowest BCUT2D eigenvalue weighted by molar-refractivity contribution is 0.0684. The van der Waals surface area contributed by atoms with E-state index in [0.717, 1.165) is 16.8 Å². The topological polar surface area (TPSA) is 77.3 Å². The van der Waals surface area contributed by atoms with Crippen molar-refractivity contribution in [2.75, 3.05) is 13.0 Å². The van der Waals surface area contributed by atoms with Gasteiger partial charge in [-0.15, -0.1) is 10.2 Å². The van der Waals surface area contributed by atoms with Crippen LogP contribution >= 0.6 is 11.8 Å². The molecular formula is C25H20N4O3S. The second-order valence-corrected chi connectivity index (χ2v) is 8.48. The summed E-state index contributed by atoms with van der Waals surface area (Å²) in [4.78, 5) is 26.8. The van der Waals surface area contributed by atoms with Gasteiger partial charge in [-0.3, -0.25) is 19.1 Å². The van der Waals surface area contributed by atoms with Gasteiger partial charge in [0.25, 0.3) is 11.8 Å². The van der Waals surface area contributed by atoms with Gasteiger partial charge in [0.2, 0.25) is 0 Å². The molecule has 8 heteroatoms. The Morgan fingerprint density at radius 2 is 1.58 bits per heavy atom. The Hall–Kier alpha value is -3.91. The Bertz CT molecular complexity index is 1330. The molecule has 0 N–H and O–H groups in total. The first-order valence-electron chi connectivity index (χ1n) is 10.3. The zero-order chi connectivity index (χ0) is 22.9. The Balaban J connectivity index is 1.50. The van der Waals surface area contributed by atoms with E-state index in [9.17, 15) is 9.59 Å². The summed E-state index contributed by atoms with van der Waals surface area (Å²) in [5.74, 6) is 0.901. The number of methoxy groups -OCH3 is 1. The molecule has 0 saturated heterocycles. The number of hydrogen-bond acceptors (Lipinski definition) is 6. The summed E-state index contributed by atoms with van der Waals surface area (Å²) in [6.45, 7) is 2.02. The number of aromatic nitrogens is 3. The van der Waals surface area contributed by atoms with Crippen molar-refractivity contribution >= 4 is 23.6 Å². The molecule has 0 atom stereocenters. The number of fused-ring (bicyclic) bond motifs is 1. The largest absolute Gasteiger partial charge is 0.497 e. The van der Waals surface area contributed by atoms with E-state index in [1.807, 2.05) is 60.0 Å². The van der Waals surface area contributed by atoms with Crippen LogP contribution in [0.2, 0.25) is 0 Å². The number of aryl methyl sites for hydroxylation is 1. The maximum atomic E-state index is 12.8. The lowest BCUT2D eigenvalue weighted by Crippen LogP contribution is -2.29. The van der Waals surface area contributed by atoms with Crippen molar-refractivity contribution in [1.82, 2.24) is 19.7 Å². The molecule has 5 rings (SSSR count). The molecule has 1 aromatic heterocycles. The molecule has 0 saturated carbocycles. The molecule has 1 aliphatic heterocycles. The molecule has 7 nitrogen and oxygen atoms in total. The molecule has 0 spiro atoms. The second-order valence-electron chi connectivity index (χ2n) is 7.57. The maximum Gasteiger partial charge on any atom is 0.262 e. The summed E-state index contributed by atoms with van der Waals surface area (Å²) >= 11 is 1.29. The monoisotopic (exact) mass is 456 g/mol. The van der Waals surface area contributed by atoms with E-state index < -0.39 is 0 Å². The third-order valence-electron chi connectivity index (χ3n) is 5.45. The minimum atomic E-state index is -0.294. The van der Waals surface area contributed by atoms with Crippen molar-refractivity contribution in [3.63, 3.8) is 0 Å². The number of benzene rings is 3. The van der Waals surface area contributed by atoms with Gasteiger partial charge in [0, 0.05) is 11.3 Å². The number of hydrogen-bond donors (Lipinski definition) is 0. The summed E-state index contributed by atoms with van der Waals surface area (Å²) in [7, 11) is 1.62. The van der Waals surface area contributed by atoms with Gasteiger partial charge in [0.05, 0.1) is 24.1 Å². The van der Waals surface area contributed by atoms with Gasteiger partial charge in [-0.05, 0) is 43.3 Å². The van der Waals surface area contributed by atoms with E-state index in [0.29, 0.717) is 27.9 Å². The second kappa shape index (κ2) is 8.55. The fraction of sp³-hybridized carbons (Fsp3) is 0.120. The van der Waals surface area contributed by atoms with E-state index in [1.165, 1.54) is 16.7 Å². The molecule has 0 fully saturated rings. The predicted molar refractivity (Wildman–Crippen MR) is 126 cm³/mol. The van der Waals surface area contributed by atoms with Gasteiger partial charge in [-0.1, -0.05) is 53.7 Å². The maximum absolute atomic E-state index is 12.8. The molecule has 3 aromatic carbocycles. The van der Waals surface area contributed by atoms with Gasteiger partial charge in [-0.2, -0.15) is 0 Å². The highest BCUT2D eigenvalue weighted by molar-refractivity contribution is 7.99. The zero-order valence-corrected chi connectivity index (χ0v) is 18.9. The number of imide groups is 1. The highest BCUT2D eigenvalue weighted by Crippen LogP contribution is 2.32. The first kappa shape index (κ1) is 21.0. The van der Waals surface area contributed by atoms with Crippen LogP contribution in [0.1, 0.15) is 26.3 Å². The minimum absolute atomic E-state index is 0.133. The van der Waals surface area contributed by atoms with Crippen LogP contribution in [0.25, 0.3) is 17.1 Å². The van der Waals surface area contributed by atoms with E-state index in [1.54, 1.807) is 31.4 Å². The highest BCUT2D eigenvalue weighted by atomic mass is 32.2. The summed E-state index contributed by atoms with van der Waals surface area (Å²) in [6.07, 6.45) is 0. The number of nitrogens with zero attached hydrogens (tertiary/aromatic N) is 4. The van der Waals surface area contributed by atoms with Crippen molar-refractivity contribution in [3.8, 4) is 22.8 Å². The highest BCUT2D eigenvalue weighted by Gasteiger charge is 2.35. The number of ether oxygens (including phenoxy) is 1. The van der Waals surface area contributed by atoms with Crippen LogP contribution in [0.5, 0.6) is 5.75 Å². The van der Waals surface area contributed by atoms with Crippen LogP contribution in [0.3, 0.4) is 0 Å². The number of carbonyl (C=O) groups is 2. The Morgan fingerprint density at radius 1 is 0.879 bits per heavy atom. The summed E-state index contributed by atoms with van der Waals surface area (Å²) in [6, 6.07) is 22.5. The molecule has 0 bridgehead atoms. The lowest BCUT2D eigenvalue weighted by atomic mass is 10.1. The normalized spacial score (nSPS) is 12.8. The third kappa shape index (κ3) is 3.78. The SMILES string of the molecule is COc1cccc(-c2nnc(SCN3C(=O)c4ccccc4C3=O)n2-c2ccc(C)cc2)c1. The molecule has 1 aliphatic rings. The molecule has 33 heavy (non-hydrogen) atoms. The standard InChI is InChI=1S/C25H20N4O3S/c1-16-10-12-18(13-11-16)29-22(17-6-5-7-19(14-17)32-2)26-27-25(29)33-15-28-23(30)20-8-3-4-9-21(20)24(28)31/h3-14H,15H2,1-2H3. The van der Waals surface area contributed by atoms with E-state index in [4.69, 9.17) is 4.74 Å². The quantitative estimate of drug-likeness (QED) is 0.312. The fourth-order valence-corrected chi connectivity index (χ4v) is 4.62. The summed E-state index contributed by atoms with van der Waals surface area (Å²) in [5.41, 5.74) is 3.72. The van der Waals surface area contributed by atoms with Crippen molar-refractivity contribution in [3.05, 3.63) is 89.5 Å². The van der Waals surface area contributed by atoms with Crippen LogP contribution in [0.15, 0.2) is 78.0 Å². The summed E-state index contributed by atoms with van der Waals surface area (Å²) < 4.78 is 7.30. The van der Waals surface area contributed by atoms with Crippen LogP contribution in [0.4, 0.5) is 0 Å². The van der Waals surface area contributed by atoms with Crippen LogP contribution in [0, 0.1) is 6.92 Å². The van der Waals surface area contributed by atoms with Gasteiger partial charge in [0.15, 0.2) is 11.0 Å². The average Bonchev–Trinajstić information content (AvgIpc) is 3.38. The number of carbonyl (C=O) groups excluding carboxylic acids is 2. The summed E-state index contributed by atoms with van der Waals surface area (Å²) in [5, 5.41) is 9.40. The number of rotatable bonds is 6. The number of amides is 2. The molecule has 0 aliphatic carbocycles. The molecule has 0 unspecified atom stereocenters. The van der Waals surface area contributed by atoms with Gasteiger partial charge >= 0.3 is 0 Å². The average molecular weight is 457 g/mol.